The first kappa shape index (κ1) is 13.1. The van der Waals surface area contributed by atoms with E-state index in [1.54, 1.807) is 18.5 Å². The van der Waals surface area contributed by atoms with E-state index in [1.807, 2.05) is 6.92 Å². The fraction of sp³-hybridized carbons (Fsp3) is 0.455. The van der Waals surface area contributed by atoms with Gasteiger partial charge in [-0.15, -0.1) is 0 Å². The Hall–Kier alpha value is -0.940. The van der Waals surface area contributed by atoms with Crippen molar-refractivity contribution in [2.45, 2.75) is 19.8 Å². The average molecular weight is 287 g/mol. The van der Waals surface area contributed by atoms with Crippen LogP contribution in [-0.2, 0) is 9.53 Å². The summed E-state index contributed by atoms with van der Waals surface area (Å²) in [6.45, 7) is 3.26. The van der Waals surface area contributed by atoms with Gasteiger partial charge in [-0.2, -0.15) is 0 Å². The zero-order valence-corrected chi connectivity index (χ0v) is 10.8. The maximum absolute atomic E-state index is 11.5. The Morgan fingerprint density at radius 2 is 2.44 bits per heavy atom. The molecule has 16 heavy (non-hydrogen) atoms. The highest BCUT2D eigenvalue weighted by Gasteiger charge is 2.04. The van der Waals surface area contributed by atoms with Crippen LogP contribution < -0.4 is 5.32 Å². The highest BCUT2D eigenvalue weighted by Crippen LogP contribution is 2.19. The Morgan fingerprint density at radius 3 is 3.12 bits per heavy atom. The summed E-state index contributed by atoms with van der Waals surface area (Å²) in [5, 5.41) is 2.81. The van der Waals surface area contributed by atoms with Crippen molar-refractivity contribution in [3.8, 4) is 0 Å². The van der Waals surface area contributed by atoms with Crippen LogP contribution in [0.25, 0.3) is 0 Å². The van der Waals surface area contributed by atoms with Crippen LogP contribution in [0.2, 0.25) is 0 Å². The Balaban J connectivity index is 2.32. The molecule has 0 aliphatic carbocycles. The van der Waals surface area contributed by atoms with Gasteiger partial charge in [0, 0.05) is 32.0 Å². The number of carbonyl (C=O) groups excluding carboxylic acids is 1. The zero-order valence-electron chi connectivity index (χ0n) is 9.20. The number of pyridine rings is 1. The monoisotopic (exact) mass is 286 g/mol. The van der Waals surface area contributed by atoms with Crippen LogP contribution in [0.1, 0.15) is 19.8 Å². The highest BCUT2D eigenvalue weighted by molar-refractivity contribution is 9.10. The number of amides is 1. The maximum atomic E-state index is 11.5. The van der Waals surface area contributed by atoms with E-state index in [1.165, 1.54) is 0 Å². The second-order valence-corrected chi connectivity index (χ2v) is 4.06. The van der Waals surface area contributed by atoms with E-state index in [9.17, 15) is 4.79 Å². The lowest BCUT2D eigenvalue weighted by molar-refractivity contribution is -0.116. The fourth-order valence-corrected chi connectivity index (χ4v) is 1.52. The molecule has 5 heteroatoms. The van der Waals surface area contributed by atoms with Crippen LogP contribution in [0.5, 0.6) is 0 Å². The molecular formula is C11H15BrN2O2. The molecule has 0 atom stereocenters. The first-order valence-electron chi connectivity index (χ1n) is 5.21. The van der Waals surface area contributed by atoms with Gasteiger partial charge in [0.2, 0.25) is 5.91 Å². The van der Waals surface area contributed by atoms with Gasteiger partial charge >= 0.3 is 0 Å². The molecule has 0 spiro atoms. The van der Waals surface area contributed by atoms with Crippen molar-refractivity contribution in [1.29, 1.82) is 0 Å². The molecule has 4 nitrogen and oxygen atoms in total. The minimum Gasteiger partial charge on any atom is -0.382 e. The van der Waals surface area contributed by atoms with E-state index in [2.05, 4.69) is 26.2 Å². The van der Waals surface area contributed by atoms with Crippen LogP contribution in [0.15, 0.2) is 22.9 Å². The van der Waals surface area contributed by atoms with Gasteiger partial charge < -0.3 is 10.1 Å². The molecule has 0 radical (unpaired) electrons. The van der Waals surface area contributed by atoms with Gasteiger partial charge in [-0.3, -0.25) is 9.78 Å². The quantitative estimate of drug-likeness (QED) is 0.818. The van der Waals surface area contributed by atoms with Crippen molar-refractivity contribution in [3.05, 3.63) is 22.9 Å². The van der Waals surface area contributed by atoms with Crippen LogP contribution in [0.4, 0.5) is 5.69 Å². The highest BCUT2D eigenvalue weighted by atomic mass is 79.9. The first-order valence-corrected chi connectivity index (χ1v) is 6.00. The standard InChI is InChI=1S/C11H15BrN2O2/c1-2-16-7-3-4-11(15)14-10-5-6-13-8-9(10)12/h5-6,8H,2-4,7H2,1H3,(H,13,14,15). The van der Waals surface area contributed by atoms with Gasteiger partial charge in [-0.25, -0.2) is 0 Å². The Labute approximate surface area is 104 Å². The van der Waals surface area contributed by atoms with Crippen molar-refractivity contribution in [3.63, 3.8) is 0 Å². The minimum absolute atomic E-state index is 0.00777. The number of anilines is 1. The van der Waals surface area contributed by atoms with Crippen LogP contribution in [-0.4, -0.2) is 24.1 Å². The second-order valence-electron chi connectivity index (χ2n) is 3.20. The molecule has 1 rings (SSSR count). The molecule has 0 aliphatic heterocycles. The zero-order chi connectivity index (χ0) is 11.8. The summed E-state index contributed by atoms with van der Waals surface area (Å²) in [6.07, 6.45) is 4.49. The topological polar surface area (TPSA) is 51.2 Å². The summed E-state index contributed by atoms with van der Waals surface area (Å²) in [6, 6.07) is 1.75. The van der Waals surface area contributed by atoms with E-state index in [0.717, 1.165) is 16.6 Å². The number of carbonyl (C=O) groups is 1. The number of halogens is 1. The van der Waals surface area contributed by atoms with E-state index >= 15 is 0 Å². The number of ether oxygens (including phenoxy) is 1. The summed E-state index contributed by atoms with van der Waals surface area (Å²) in [7, 11) is 0. The first-order chi connectivity index (χ1) is 7.74. The molecule has 0 aromatic carbocycles. The van der Waals surface area contributed by atoms with Gasteiger partial charge in [0.05, 0.1) is 10.2 Å². The van der Waals surface area contributed by atoms with Gasteiger partial charge in [0.25, 0.3) is 0 Å². The predicted octanol–water partition coefficient (Wildman–Crippen LogP) is 2.60. The van der Waals surface area contributed by atoms with Crippen LogP contribution >= 0.6 is 15.9 Å². The molecule has 1 heterocycles. The third-order valence-electron chi connectivity index (χ3n) is 1.94. The predicted molar refractivity (Wildman–Crippen MR) is 66.3 cm³/mol. The Bertz CT molecular complexity index is 345. The van der Waals surface area contributed by atoms with E-state index in [0.29, 0.717) is 19.6 Å². The summed E-state index contributed by atoms with van der Waals surface area (Å²) < 4.78 is 5.94. The number of hydrogen-bond donors (Lipinski definition) is 1. The lowest BCUT2D eigenvalue weighted by atomic mass is 10.3. The summed E-state index contributed by atoms with van der Waals surface area (Å²) in [5.74, 6) is -0.00777. The Morgan fingerprint density at radius 1 is 1.62 bits per heavy atom. The average Bonchev–Trinajstić information content (AvgIpc) is 2.28. The molecule has 1 aromatic rings. The van der Waals surface area contributed by atoms with Gasteiger partial charge in [-0.1, -0.05) is 0 Å². The Kier molecular flexibility index (Phi) is 6.03. The van der Waals surface area contributed by atoms with Crippen molar-refractivity contribution in [1.82, 2.24) is 4.98 Å². The molecule has 0 fully saturated rings. The van der Waals surface area contributed by atoms with E-state index in [-0.39, 0.29) is 5.91 Å². The van der Waals surface area contributed by atoms with Gasteiger partial charge in [0.15, 0.2) is 0 Å². The molecule has 0 unspecified atom stereocenters. The number of rotatable bonds is 6. The molecule has 1 N–H and O–H groups in total. The summed E-state index contributed by atoms with van der Waals surface area (Å²) in [4.78, 5) is 15.4. The summed E-state index contributed by atoms with van der Waals surface area (Å²) in [5.41, 5.74) is 0.747. The molecule has 0 bridgehead atoms. The third-order valence-corrected chi connectivity index (χ3v) is 2.58. The third kappa shape index (κ3) is 4.72. The van der Waals surface area contributed by atoms with Crippen molar-refractivity contribution >= 4 is 27.5 Å². The van der Waals surface area contributed by atoms with E-state index < -0.39 is 0 Å². The number of nitrogens with zero attached hydrogens (tertiary/aromatic N) is 1. The molecule has 0 aliphatic rings. The molecular weight excluding hydrogens is 272 g/mol. The van der Waals surface area contributed by atoms with E-state index in [4.69, 9.17) is 4.74 Å². The molecule has 1 amide bonds. The number of aromatic nitrogens is 1. The number of nitrogens with one attached hydrogen (secondary N) is 1. The van der Waals surface area contributed by atoms with Crippen LogP contribution in [0, 0.1) is 0 Å². The SMILES string of the molecule is CCOCCCC(=O)Nc1ccncc1Br. The van der Waals surface area contributed by atoms with Crippen molar-refractivity contribution in [2.24, 2.45) is 0 Å². The lowest BCUT2D eigenvalue weighted by Crippen LogP contribution is -2.12. The molecule has 1 aromatic heterocycles. The normalized spacial score (nSPS) is 10.1. The van der Waals surface area contributed by atoms with Crippen molar-refractivity contribution in [2.75, 3.05) is 18.5 Å². The molecule has 88 valence electrons. The number of hydrogen-bond acceptors (Lipinski definition) is 3. The molecule has 0 saturated carbocycles. The second kappa shape index (κ2) is 7.35. The largest absolute Gasteiger partial charge is 0.382 e. The minimum atomic E-state index is -0.00777. The van der Waals surface area contributed by atoms with Gasteiger partial charge in [-0.05, 0) is 35.3 Å². The van der Waals surface area contributed by atoms with Gasteiger partial charge in [0.1, 0.15) is 0 Å². The van der Waals surface area contributed by atoms with Crippen molar-refractivity contribution < 1.29 is 9.53 Å². The summed E-state index contributed by atoms with van der Waals surface area (Å²) >= 11 is 3.32. The lowest BCUT2D eigenvalue weighted by Gasteiger charge is -2.06. The molecule has 0 saturated heterocycles. The smallest absolute Gasteiger partial charge is 0.224 e. The van der Waals surface area contributed by atoms with Crippen LogP contribution in [0.3, 0.4) is 0 Å². The maximum Gasteiger partial charge on any atom is 0.224 e. The fourth-order valence-electron chi connectivity index (χ4n) is 1.17.